The van der Waals surface area contributed by atoms with Gasteiger partial charge in [-0.2, -0.15) is 0 Å². The lowest BCUT2D eigenvalue weighted by Crippen LogP contribution is -2.42. The molecule has 0 bridgehead atoms. The summed E-state index contributed by atoms with van der Waals surface area (Å²) >= 11 is 0. The number of carbonyl (C=O) groups excluding carboxylic acids is 3. The van der Waals surface area contributed by atoms with Crippen LogP contribution in [0.2, 0.25) is 0 Å². The standard InChI is InChI=1S/C29H34N6O4/c1-3-27(36)32-22-10-8-20(9-11-22)28(37)30-16-17-31-29(38)21-14-18-35(19-15-21)26-13-12-24(33-34-26)23-6-4-5-7-25(23)39-2/h4-13,21H,3,14-19H2,1-2H3,(H,30,37)(H,31,38)(H,32,36). The first-order valence-corrected chi connectivity index (χ1v) is 13.2. The van der Waals surface area contributed by atoms with Gasteiger partial charge in [0.05, 0.1) is 12.8 Å². The van der Waals surface area contributed by atoms with Crippen molar-refractivity contribution >= 4 is 29.2 Å². The zero-order valence-corrected chi connectivity index (χ0v) is 22.3. The Morgan fingerprint density at radius 1 is 0.923 bits per heavy atom. The molecule has 0 aliphatic carbocycles. The number of benzene rings is 2. The number of rotatable bonds is 10. The van der Waals surface area contributed by atoms with E-state index in [9.17, 15) is 14.4 Å². The Morgan fingerprint density at radius 3 is 2.31 bits per heavy atom. The van der Waals surface area contributed by atoms with Gasteiger partial charge >= 0.3 is 0 Å². The van der Waals surface area contributed by atoms with E-state index in [2.05, 4.69) is 31.0 Å². The van der Waals surface area contributed by atoms with Gasteiger partial charge in [0, 0.05) is 55.3 Å². The summed E-state index contributed by atoms with van der Waals surface area (Å²) in [5.74, 6) is 1.14. The van der Waals surface area contributed by atoms with Gasteiger partial charge in [-0.1, -0.05) is 19.1 Å². The number of methoxy groups -OCH3 is 1. The van der Waals surface area contributed by atoms with E-state index in [1.807, 2.05) is 36.4 Å². The quantitative estimate of drug-likeness (QED) is 0.344. The summed E-state index contributed by atoms with van der Waals surface area (Å²) in [6.45, 7) is 3.88. The van der Waals surface area contributed by atoms with E-state index in [0.717, 1.165) is 35.7 Å². The van der Waals surface area contributed by atoms with Crippen LogP contribution in [0.4, 0.5) is 11.5 Å². The summed E-state index contributed by atoms with van der Waals surface area (Å²) in [6.07, 6.45) is 1.82. The first kappa shape index (κ1) is 27.6. The van der Waals surface area contributed by atoms with Crippen molar-refractivity contribution in [3.8, 4) is 17.0 Å². The summed E-state index contributed by atoms with van der Waals surface area (Å²) in [5, 5.41) is 17.3. The highest BCUT2D eigenvalue weighted by Gasteiger charge is 2.25. The Balaban J connectivity index is 1.17. The number of nitrogens with one attached hydrogen (secondary N) is 3. The van der Waals surface area contributed by atoms with Gasteiger partial charge in [-0.15, -0.1) is 10.2 Å². The molecular weight excluding hydrogens is 496 g/mol. The lowest BCUT2D eigenvalue weighted by atomic mass is 9.96. The van der Waals surface area contributed by atoms with E-state index >= 15 is 0 Å². The molecule has 0 saturated carbocycles. The second-order valence-corrected chi connectivity index (χ2v) is 9.26. The van der Waals surface area contributed by atoms with Crippen molar-refractivity contribution in [1.29, 1.82) is 0 Å². The van der Waals surface area contributed by atoms with E-state index in [1.165, 1.54) is 0 Å². The lowest BCUT2D eigenvalue weighted by Gasteiger charge is -2.31. The van der Waals surface area contributed by atoms with E-state index in [1.54, 1.807) is 38.3 Å². The summed E-state index contributed by atoms with van der Waals surface area (Å²) in [4.78, 5) is 38.6. The highest BCUT2D eigenvalue weighted by molar-refractivity contribution is 5.95. The normalized spacial score (nSPS) is 13.4. The number of ether oxygens (including phenoxy) is 1. The summed E-state index contributed by atoms with van der Waals surface area (Å²) in [7, 11) is 1.63. The number of anilines is 2. The molecule has 0 atom stereocenters. The predicted molar refractivity (Wildman–Crippen MR) is 150 cm³/mol. The summed E-state index contributed by atoms with van der Waals surface area (Å²) in [6, 6.07) is 18.3. The smallest absolute Gasteiger partial charge is 0.251 e. The number of nitrogens with zero attached hydrogens (tertiary/aromatic N) is 3. The minimum atomic E-state index is -0.233. The largest absolute Gasteiger partial charge is 0.496 e. The number of piperidine rings is 1. The zero-order chi connectivity index (χ0) is 27.6. The van der Waals surface area contributed by atoms with Crippen molar-refractivity contribution in [2.24, 2.45) is 5.92 Å². The molecule has 2 aromatic carbocycles. The Kier molecular flexibility index (Phi) is 9.44. The first-order chi connectivity index (χ1) is 19.0. The molecule has 1 aliphatic heterocycles. The Bertz CT molecular complexity index is 1270. The van der Waals surface area contributed by atoms with E-state index in [4.69, 9.17) is 4.74 Å². The molecule has 204 valence electrons. The Morgan fingerprint density at radius 2 is 1.64 bits per heavy atom. The van der Waals surface area contributed by atoms with Crippen LogP contribution in [-0.2, 0) is 9.59 Å². The molecule has 1 aromatic heterocycles. The molecule has 0 spiro atoms. The highest BCUT2D eigenvalue weighted by Crippen LogP contribution is 2.29. The van der Waals surface area contributed by atoms with Crippen LogP contribution in [0, 0.1) is 5.92 Å². The molecular formula is C29H34N6O4. The van der Waals surface area contributed by atoms with Crippen LogP contribution in [0.1, 0.15) is 36.5 Å². The second-order valence-electron chi connectivity index (χ2n) is 9.26. The molecule has 3 N–H and O–H groups in total. The molecule has 0 unspecified atom stereocenters. The van der Waals surface area contributed by atoms with Crippen LogP contribution in [0.15, 0.2) is 60.7 Å². The predicted octanol–water partition coefficient (Wildman–Crippen LogP) is 3.26. The molecule has 1 aliphatic rings. The fourth-order valence-corrected chi connectivity index (χ4v) is 4.43. The minimum absolute atomic E-state index is 0.00229. The number of carbonyl (C=O) groups is 3. The molecule has 39 heavy (non-hydrogen) atoms. The Labute approximate surface area is 228 Å². The van der Waals surface area contributed by atoms with Gasteiger partial charge in [0.2, 0.25) is 11.8 Å². The highest BCUT2D eigenvalue weighted by atomic mass is 16.5. The molecule has 1 fully saturated rings. The van der Waals surface area contributed by atoms with Gasteiger partial charge in [0.15, 0.2) is 5.82 Å². The van der Waals surface area contributed by atoms with E-state index in [-0.39, 0.29) is 23.6 Å². The number of amides is 3. The van der Waals surface area contributed by atoms with E-state index < -0.39 is 0 Å². The maximum absolute atomic E-state index is 12.7. The molecule has 10 nitrogen and oxygen atoms in total. The average Bonchev–Trinajstić information content (AvgIpc) is 2.99. The second kappa shape index (κ2) is 13.4. The topological polar surface area (TPSA) is 126 Å². The molecule has 4 rings (SSSR count). The van der Waals surface area contributed by atoms with Gasteiger partial charge in [-0.05, 0) is 61.4 Å². The van der Waals surface area contributed by atoms with Crippen LogP contribution in [0.3, 0.4) is 0 Å². The van der Waals surface area contributed by atoms with Crippen molar-refractivity contribution in [2.75, 3.05) is 43.5 Å². The van der Waals surface area contributed by atoms with Crippen molar-refractivity contribution in [3.63, 3.8) is 0 Å². The maximum atomic E-state index is 12.7. The fourth-order valence-electron chi connectivity index (χ4n) is 4.43. The maximum Gasteiger partial charge on any atom is 0.251 e. The third kappa shape index (κ3) is 7.31. The van der Waals surface area contributed by atoms with Crippen LogP contribution in [-0.4, -0.2) is 61.2 Å². The van der Waals surface area contributed by atoms with Crippen LogP contribution in [0.5, 0.6) is 5.75 Å². The monoisotopic (exact) mass is 530 g/mol. The Hall–Kier alpha value is -4.47. The van der Waals surface area contributed by atoms with Gasteiger partial charge in [-0.3, -0.25) is 14.4 Å². The van der Waals surface area contributed by atoms with Crippen LogP contribution >= 0.6 is 0 Å². The zero-order valence-electron chi connectivity index (χ0n) is 22.3. The van der Waals surface area contributed by atoms with Crippen molar-refractivity contribution in [3.05, 3.63) is 66.2 Å². The minimum Gasteiger partial charge on any atom is -0.496 e. The van der Waals surface area contributed by atoms with Crippen LogP contribution in [0.25, 0.3) is 11.3 Å². The van der Waals surface area contributed by atoms with Crippen molar-refractivity contribution in [1.82, 2.24) is 20.8 Å². The fraction of sp³-hybridized carbons (Fsp3) is 0.345. The van der Waals surface area contributed by atoms with Gasteiger partial charge in [-0.25, -0.2) is 0 Å². The average molecular weight is 531 g/mol. The molecule has 3 amide bonds. The van der Waals surface area contributed by atoms with Gasteiger partial charge in [0.25, 0.3) is 5.91 Å². The van der Waals surface area contributed by atoms with E-state index in [0.29, 0.717) is 43.9 Å². The van der Waals surface area contributed by atoms with Crippen molar-refractivity contribution < 1.29 is 19.1 Å². The summed E-state index contributed by atoms with van der Waals surface area (Å²) < 4.78 is 5.42. The third-order valence-electron chi connectivity index (χ3n) is 6.68. The SMILES string of the molecule is CCC(=O)Nc1ccc(C(=O)NCCNC(=O)C2CCN(c3ccc(-c4ccccc4OC)nn3)CC2)cc1. The van der Waals surface area contributed by atoms with Crippen molar-refractivity contribution in [2.45, 2.75) is 26.2 Å². The third-order valence-corrected chi connectivity index (χ3v) is 6.68. The number of hydrogen-bond donors (Lipinski definition) is 3. The number of para-hydroxylation sites is 1. The molecule has 3 aromatic rings. The number of hydrogen-bond acceptors (Lipinski definition) is 7. The first-order valence-electron chi connectivity index (χ1n) is 13.2. The molecule has 1 saturated heterocycles. The number of aromatic nitrogens is 2. The van der Waals surface area contributed by atoms with Gasteiger partial charge < -0.3 is 25.6 Å². The van der Waals surface area contributed by atoms with Crippen LogP contribution < -0.4 is 25.6 Å². The molecule has 2 heterocycles. The molecule has 0 radical (unpaired) electrons. The summed E-state index contributed by atoms with van der Waals surface area (Å²) in [5.41, 5.74) is 2.77. The molecule has 10 heteroatoms. The van der Waals surface area contributed by atoms with Gasteiger partial charge in [0.1, 0.15) is 5.75 Å². The lowest BCUT2D eigenvalue weighted by molar-refractivity contribution is -0.125.